The van der Waals surface area contributed by atoms with Crippen molar-refractivity contribution in [1.29, 1.82) is 0 Å². The Kier molecular flexibility index (Phi) is 2.28. The van der Waals surface area contributed by atoms with Crippen LogP contribution in [0.3, 0.4) is 0 Å². The molecule has 1 aliphatic heterocycles. The fourth-order valence-corrected chi connectivity index (χ4v) is 1.58. The van der Waals surface area contributed by atoms with Gasteiger partial charge in [-0.3, -0.25) is 4.79 Å². The average molecular weight is 225 g/mol. The number of nitrogens with one attached hydrogen (secondary N) is 2. The normalized spacial score (nSPS) is 13.3. The highest BCUT2D eigenvalue weighted by molar-refractivity contribution is 7.80. The number of hydrogen-bond acceptors (Lipinski definition) is 2. The predicted molar refractivity (Wildman–Crippen MR) is 59.1 cm³/mol. The summed E-state index contributed by atoms with van der Waals surface area (Å²) in [5.74, 6) is -0.616. The second-order valence-electron chi connectivity index (χ2n) is 3.20. The monoisotopic (exact) mass is 225 g/mol. The van der Waals surface area contributed by atoms with E-state index in [1.54, 1.807) is 0 Å². The third-order valence-electron chi connectivity index (χ3n) is 2.08. The molecule has 2 rings (SSSR count). The molecule has 0 unspecified atom stereocenters. The van der Waals surface area contributed by atoms with Crippen LogP contribution in [0.4, 0.5) is 15.8 Å². The Bertz CT molecular complexity index is 461. The minimum absolute atomic E-state index is 0.0156. The van der Waals surface area contributed by atoms with E-state index in [0.717, 1.165) is 0 Å². The zero-order valence-electron chi connectivity index (χ0n) is 7.63. The van der Waals surface area contributed by atoms with Gasteiger partial charge >= 0.3 is 0 Å². The first-order valence-electron chi connectivity index (χ1n) is 4.25. The SMILES string of the molecule is NC(=S)Nc1cc2c(cc1F)CC(=O)N2. The summed E-state index contributed by atoms with van der Waals surface area (Å²) in [7, 11) is 0. The Morgan fingerprint density at radius 3 is 3.00 bits per heavy atom. The summed E-state index contributed by atoms with van der Waals surface area (Å²) in [5.41, 5.74) is 6.64. The van der Waals surface area contributed by atoms with Crippen LogP contribution in [0.1, 0.15) is 5.56 Å². The van der Waals surface area contributed by atoms with Gasteiger partial charge in [0.2, 0.25) is 5.91 Å². The average Bonchev–Trinajstić information content (AvgIpc) is 2.44. The smallest absolute Gasteiger partial charge is 0.228 e. The van der Waals surface area contributed by atoms with Gasteiger partial charge < -0.3 is 16.4 Å². The minimum Gasteiger partial charge on any atom is -0.376 e. The van der Waals surface area contributed by atoms with Crippen molar-refractivity contribution in [2.45, 2.75) is 6.42 Å². The predicted octanol–water partition coefficient (Wildman–Crippen LogP) is 0.976. The summed E-state index contributed by atoms with van der Waals surface area (Å²) in [6.45, 7) is 0. The van der Waals surface area contributed by atoms with Gasteiger partial charge in [0.1, 0.15) is 5.82 Å². The molecule has 4 nitrogen and oxygen atoms in total. The Morgan fingerprint density at radius 2 is 2.33 bits per heavy atom. The first kappa shape index (κ1) is 9.85. The number of nitrogens with two attached hydrogens (primary N) is 1. The lowest BCUT2D eigenvalue weighted by Crippen LogP contribution is -2.19. The first-order valence-corrected chi connectivity index (χ1v) is 4.66. The van der Waals surface area contributed by atoms with Gasteiger partial charge in [-0.05, 0) is 29.9 Å². The van der Waals surface area contributed by atoms with Crippen molar-refractivity contribution >= 4 is 34.6 Å². The van der Waals surface area contributed by atoms with Crippen LogP contribution < -0.4 is 16.4 Å². The first-order chi connectivity index (χ1) is 7.06. The topological polar surface area (TPSA) is 67.1 Å². The van der Waals surface area contributed by atoms with Crippen molar-refractivity contribution in [2.24, 2.45) is 5.73 Å². The van der Waals surface area contributed by atoms with E-state index in [-0.39, 0.29) is 23.1 Å². The Morgan fingerprint density at radius 1 is 1.60 bits per heavy atom. The standard InChI is InChI=1S/C9H8FN3OS/c10-5-1-4-2-8(14)12-6(4)3-7(5)13-9(11)15/h1,3H,2H2,(H,12,14)(H3,11,13,15). The highest BCUT2D eigenvalue weighted by atomic mass is 32.1. The Labute approximate surface area is 90.6 Å². The summed E-state index contributed by atoms with van der Waals surface area (Å²) in [6.07, 6.45) is 0.208. The lowest BCUT2D eigenvalue weighted by Gasteiger charge is -2.07. The fourth-order valence-electron chi connectivity index (χ4n) is 1.47. The molecule has 0 atom stereocenters. The molecule has 6 heteroatoms. The van der Waals surface area contributed by atoms with Gasteiger partial charge in [0, 0.05) is 5.69 Å². The van der Waals surface area contributed by atoms with Crippen molar-refractivity contribution in [3.63, 3.8) is 0 Å². The van der Waals surface area contributed by atoms with Crippen LogP contribution in [0.5, 0.6) is 0 Å². The molecule has 1 aliphatic rings. The highest BCUT2D eigenvalue weighted by Crippen LogP contribution is 2.28. The van der Waals surface area contributed by atoms with Gasteiger partial charge in [0.15, 0.2) is 5.11 Å². The zero-order chi connectivity index (χ0) is 11.0. The summed E-state index contributed by atoms with van der Waals surface area (Å²) >= 11 is 4.60. The van der Waals surface area contributed by atoms with E-state index in [2.05, 4.69) is 22.9 Å². The quantitative estimate of drug-likeness (QED) is 0.623. The molecule has 4 N–H and O–H groups in total. The lowest BCUT2D eigenvalue weighted by atomic mass is 10.1. The van der Waals surface area contributed by atoms with Gasteiger partial charge in [-0.1, -0.05) is 0 Å². The van der Waals surface area contributed by atoms with Gasteiger partial charge in [0.25, 0.3) is 0 Å². The van der Waals surface area contributed by atoms with E-state index >= 15 is 0 Å². The largest absolute Gasteiger partial charge is 0.376 e. The number of amides is 1. The molecule has 0 radical (unpaired) electrons. The number of thiocarbonyl (C=S) groups is 1. The summed E-state index contributed by atoms with van der Waals surface area (Å²) < 4.78 is 13.4. The molecule has 0 aliphatic carbocycles. The van der Waals surface area contributed by atoms with E-state index in [4.69, 9.17) is 5.73 Å². The van der Waals surface area contributed by atoms with Crippen LogP contribution in [-0.2, 0) is 11.2 Å². The summed E-state index contributed by atoms with van der Waals surface area (Å²) in [5, 5.41) is 5.09. The molecule has 0 saturated carbocycles. The maximum atomic E-state index is 13.4. The molecular weight excluding hydrogens is 217 g/mol. The van der Waals surface area contributed by atoms with Gasteiger partial charge in [-0.15, -0.1) is 0 Å². The van der Waals surface area contributed by atoms with E-state index in [9.17, 15) is 9.18 Å². The van der Waals surface area contributed by atoms with E-state index in [0.29, 0.717) is 11.3 Å². The third kappa shape index (κ3) is 1.89. The number of carbonyl (C=O) groups excluding carboxylic acids is 1. The van der Waals surface area contributed by atoms with Crippen LogP contribution in [0.15, 0.2) is 12.1 Å². The molecule has 1 aromatic rings. The minimum atomic E-state index is -0.474. The maximum absolute atomic E-state index is 13.4. The van der Waals surface area contributed by atoms with Gasteiger partial charge in [-0.25, -0.2) is 4.39 Å². The fraction of sp³-hybridized carbons (Fsp3) is 0.111. The molecule has 1 amide bonds. The molecule has 0 spiro atoms. The second kappa shape index (κ2) is 3.47. The number of rotatable bonds is 1. The highest BCUT2D eigenvalue weighted by Gasteiger charge is 2.20. The van der Waals surface area contributed by atoms with E-state index < -0.39 is 5.82 Å². The van der Waals surface area contributed by atoms with Crippen LogP contribution in [-0.4, -0.2) is 11.0 Å². The molecular formula is C9H8FN3OS. The van der Waals surface area contributed by atoms with Crippen molar-refractivity contribution < 1.29 is 9.18 Å². The van der Waals surface area contributed by atoms with Crippen molar-refractivity contribution in [3.8, 4) is 0 Å². The second-order valence-corrected chi connectivity index (χ2v) is 3.64. The molecule has 0 saturated heterocycles. The zero-order valence-corrected chi connectivity index (χ0v) is 8.45. The molecule has 1 heterocycles. The van der Waals surface area contributed by atoms with Crippen LogP contribution in [0, 0.1) is 5.82 Å². The summed E-state index contributed by atoms with van der Waals surface area (Å²) in [6, 6.07) is 2.78. The van der Waals surface area contributed by atoms with Crippen molar-refractivity contribution in [3.05, 3.63) is 23.5 Å². The number of benzene rings is 1. The molecule has 1 aromatic carbocycles. The molecule has 0 aromatic heterocycles. The summed E-state index contributed by atoms with van der Waals surface area (Å²) in [4.78, 5) is 11.0. The van der Waals surface area contributed by atoms with Crippen molar-refractivity contribution in [1.82, 2.24) is 0 Å². The number of halogens is 1. The number of carbonyl (C=O) groups is 1. The van der Waals surface area contributed by atoms with E-state index in [1.165, 1.54) is 12.1 Å². The van der Waals surface area contributed by atoms with Crippen LogP contribution in [0.2, 0.25) is 0 Å². The molecule has 0 bridgehead atoms. The van der Waals surface area contributed by atoms with Gasteiger partial charge in [-0.2, -0.15) is 0 Å². The van der Waals surface area contributed by atoms with Gasteiger partial charge in [0.05, 0.1) is 12.1 Å². The van der Waals surface area contributed by atoms with E-state index in [1.807, 2.05) is 0 Å². The number of hydrogen-bond donors (Lipinski definition) is 3. The lowest BCUT2D eigenvalue weighted by molar-refractivity contribution is -0.115. The Hall–Kier alpha value is -1.69. The molecule has 78 valence electrons. The molecule has 15 heavy (non-hydrogen) atoms. The Balaban J connectivity index is 2.39. The number of anilines is 2. The molecule has 0 fully saturated rings. The van der Waals surface area contributed by atoms with Crippen LogP contribution >= 0.6 is 12.2 Å². The number of fused-ring (bicyclic) bond motifs is 1. The third-order valence-corrected chi connectivity index (χ3v) is 2.18. The van der Waals surface area contributed by atoms with Crippen molar-refractivity contribution in [2.75, 3.05) is 10.6 Å². The van der Waals surface area contributed by atoms with Crippen LogP contribution in [0.25, 0.3) is 0 Å². The maximum Gasteiger partial charge on any atom is 0.228 e.